The minimum atomic E-state index is -4.82. The number of oxazole rings is 1. The fourth-order valence-corrected chi connectivity index (χ4v) is 3.28. The van der Waals surface area contributed by atoms with E-state index in [2.05, 4.69) is 20.2 Å². The SMILES string of the molecule is O=C(Cc1ccc(N2CCNCC2)nc1)c1nc(-c2ccccc2)oc1C(F)(F)F. The molecule has 1 saturated heterocycles. The van der Waals surface area contributed by atoms with Crippen molar-refractivity contribution in [2.45, 2.75) is 12.6 Å². The molecule has 1 aromatic carbocycles. The van der Waals surface area contributed by atoms with Crippen molar-refractivity contribution in [3.8, 4) is 11.5 Å². The fourth-order valence-electron chi connectivity index (χ4n) is 3.28. The number of piperazine rings is 1. The topological polar surface area (TPSA) is 71.3 Å². The number of anilines is 1. The second-order valence-corrected chi connectivity index (χ2v) is 6.92. The quantitative estimate of drug-likeness (QED) is 0.641. The number of hydrogen-bond donors (Lipinski definition) is 1. The van der Waals surface area contributed by atoms with E-state index < -0.39 is 23.4 Å². The average Bonchev–Trinajstić information content (AvgIpc) is 3.22. The first-order valence-corrected chi connectivity index (χ1v) is 9.49. The second kappa shape index (κ2) is 8.27. The van der Waals surface area contributed by atoms with Gasteiger partial charge in [0.05, 0.1) is 0 Å². The van der Waals surface area contributed by atoms with E-state index in [0.717, 1.165) is 32.0 Å². The Morgan fingerprint density at radius 3 is 2.47 bits per heavy atom. The van der Waals surface area contributed by atoms with Crippen LogP contribution in [-0.4, -0.2) is 41.9 Å². The Balaban J connectivity index is 1.56. The summed E-state index contributed by atoms with van der Waals surface area (Å²) in [6.07, 6.45) is -3.56. The fraction of sp³-hybridized carbons (Fsp3) is 0.286. The van der Waals surface area contributed by atoms with Crippen LogP contribution in [0.5, 0.6) is 0 Å². The van der Waals surface area contributed by atoms with E-state index in [1.807, 2.05) is 0 Å². The molecule has 1 aliphatic heterocycles. The number of aromatic nitrogens is 2. The molecule has 0 aliphatic carbocycles. The molecule has 0 unspecified atom stereocenters. The Hall–Kier alpha value is -3.20. The maximum Gasteiger partial charge on any atom is 0.452 e. The van der Waals surface area contributed by atoms with Crippen molar-refractivity contribution in [1.29, 1.82) is 0 Å². The van der Waals surface area contributed by atoms with Gasteiger partial charge in [0.1, 0.15) is 5.82 Å². The summed E-state index contributed by atoms with van der Waals surface area (Å²) in [5.74, 6) is -1.61. The number of halogens is 3. The number of nitrogens with one attached hydrogen (secondary N) is 1. The smallest absolute Gasteiger partial charge is 0.431 e. The van der Waals surface area contributed by atoms with Gasteiger partial charge >= 0.3 is 6.18 Å². The Morgan fingerprint density at radius 1 is 1.10 bits per heavy atom. The normalized spacial score (nSPS) is 14.7. The van der Waals surface area contributed by atoms with E-state index in [9.17, 15) is 18.0 Å². The summed E-state index contributed by atoms with van der Waals surface area (Å²) in [7, 11) is 0. The molecule has 30 heavy (non-hydrogen) atoms. The van der Waals surface area contributed by atoms with Gasteiger partial charge in [-0.3, -0.25) is 4.79 Å². The molecule has 3 heterocycles. The number of pyridine rings is 1. The third kappa shape index (κ3) is 4.35. The molecule has 1 fully saturated rings. The van der Waals surface area contributed by atoms with Crippen LogP contribution in [0.3, 0.4) is 0 Å². The number of carbonyl (C=O) groups excluding carboxylic acids is 1. The molecule has 0 radical (unpaired) electrons. The van der Waals surface area contributed by atoms with Crippen LogP contribution < -0.4 is 10.2 Å². The van der Waals surface area contributed by atoms with E-state index in [4.69, 9.17) is 4.42 Å². The lowest BCUT2D eigenvalue weighted by Gasteiger charge is -2.28. The maximum absolute atomic E-state index is 13.4. The van der Waals surface area contributed by atoms with Crippen molar-refractivity contribution >= 4 is 11.6 Å². The van der Waals surface area contributed by atoms with Gasteiger partial charge in [0, 0.05) is 44.4 Å². The molecule has 1 N–H and O–H groups in total. The van der Waals surface area contributed by atoms with Crippen molar-refractivity contribution in [3.05, 3.63) is 65.7 Å². The summed E-state index contributed by atoms with van der Waals surface area (Å²) in [5.41, 5.74) is 0.160. The van der Waals surface area contributed by atoms with Gasteiger partial charge in [0.15, 0.2) is 11.5 Å². The van der Waals surface area contributed by atoms with Crippen molar-refractivity contribution in [2.24, 2.45) is 0 Å². The van der Waals surface area contributed by atoms with E-state index in [1.165, 1.54) is 6.20 Å². The molecule has 156 valence electrons. The van der Waals surface area contributed by atoms with Gasteiger partial charge in [-0.15, -0.1) is 0 Å². The van der Waals surface area contributed by atoms with Crippen molar-refractivity contribution in [3.63, 3.8) is 0 Å². The van der Waals surface area contributed by atoms with Gasteiger partial charge in [-0.1, -0.05) is 24.3 Å². The monoisotopic (exact) mass is 416 g/mol. The summed E-state index contributed by atoms with van der Waals surface area (Å²) in [6, 6.07) is 11.6. The van der Waals surface area contributed by atoms with Gasteiger partial charge in [0.2, 0.25) is 11.7 Å². The molecule has 3 aromatic rings. The van der Waals surface area contributed by atoms with Crippen LogP contribution >= 0.6 is 0 Å². The molecule has 1 aliphatic rings. The molecule has 0 amide bonds. The number of alkyl halides is 3. The first kappa shape index (κ1) is 20.1. The second-order valence-electron chi connectivity index (χ2n) is 6.92. The Labute approximate surface area is 170 Å². The van der Waals surface area contributed by atoms with E-state index in [-0.39, 0.29) is 12.3 Å². The van der Waals surface area contributed by atoms with Crippen LogP contribution in [0.15, 0.2) is 53.1 Å². The lowest BCUT2D eigenvalue weighted by Crippen LogP contribution is -2.43. The molecule has 0 spiro atoms. The molecular formula is C21H19F3N4O2. The molecular weight excluding hydrogens is 397 g/mol. The zero-order chi connectivity index (χ0) is 21.1. The zero-order valence-electron chi connectivity index (χ0n) is 15.9. The van der Waals surface area contributed by atoms with E-state index in [1.54, 1.807) is 42.5 Å². The number of benzene rings is 1. The van der Waals surface area contributed by atoms with Gasteiger partial charge in [0.25, 0.3) is 0 Å². The van der Waals surface area contributed by atoms with Crippen LogP contribution in [0.4, 0.5) is 19.0 Å². The number of carbonyl (C=O) groups is 1. The van der Waals surface area contributed by atoms with Crippen LogP contribution in [0.1, 0.15) is 21.8 Å². The highest BCUT2D eigenvalue weighted by Gasteiger charge is 2.41. The highest BCUT2D eigenvalue weighted by Crippen LogP contribution is 2.35. The maximum atomic E-state index is 13.4. The first-order chi connectivity index (χ1) is 14.4. The predicted molar refractivity (Wildman–Crippen MR) is 104 cm³/mol. The lowest BCUT2D eigenvalue weighted by molar-refractivity contribution is -0.153. The Bertz CT molecular complexity index is 1010. The van der Waals surface area contributed by atoms with E-state index in [0.29, 0.717) is 11.1 Å². The van der Waals surface area contributed by atoms with Gasteiger partial charge < -0.3 is 14.6 Å². The van der Waals surface area contributed by atoms with Crippen molar-refractivity contribution < 1.29 is 22.4 Å². The molecule has 9 heteroatoms. The predicted octanol–water partition coefficient (Wildman–Crippen LogP) is 3.59. The van der Waals surface area contributed by atoms with Crippen LogP contribution in [0.25, 0.3) is 11.5 Å². The number of nitrogens with zero attached hydrogens (tertiary/aromatic N) is 3. The molecule has 0 saturated carbocycles. The first-order valence-electron chi connectivity index (χ1n) is 9.49. The summed E-state index contributed by atoms with van der Waals surface area (Å²) in [5, 5.41) is 3.25. The molecule has 0 bridgehead atoms. The van der Waals surface area contributed by atoms with Gasteiger partial charge in [-0.05, 0) is 23.8 Å². The minimum Gasteiger partial charge on any atom is -0.431 e. The largest absolute Gasteiger partial charge is 0.452 e. The summed E-state index contributed by atoms with van der Waals surface area (Å²) < 4.78 is 45.2. The third-order valence-corrected chi connectivity index (χ3v) is 4.78. The van der Waals surface area contributed by atoms with Crippen LogP contribution in [0.2, 0.25) is 0 Å². The zero-order valence-corrected chi connectivity index (χ0v) is 15.9. The van der Waals surface area contributed by atoms with Crippen LogP contribution in [0, 0.1) is 0 Å². The number of rotatable bonds is 5. The van der Waals surface area contributed by atoms with Gasteiger partial charge in [-0.25, -0.2) is 9.97 Å². The molecule has 6 nitrogen and oxygen atoms in total. The number of hydrogen-bond acceptors (Lipinski definition) is 6. The summed E-state index contributed by atoms with van der Waals surface area (Å²) in [4.78, 5) is 23.0. The molecule has 0 atom stereocenters. The number of ketones is 1. The third-order valence-electron chi connectivity index (χ3n) is 4.78. The van der Waals surface area contributed by atoms with Crippen LogP contribution in [-0.2, 0) is 12.6 Å². The molecule has 4 rings (SSSR count). The average molecular weight is 416 g/mol. The number of Topliss-reactive ketones (excluding diaryl/α,β-unsaturated/α-hetero) is 1. The Kier molecular flexibility index (Phi) is 5.54. The van der Waals surface area contributed by atoms with Crippen molar-refractivity contribution in [2.75, 3.05) is 31.1 Å². The highest BCUT2D eigenvalue weighted by atomic mass is 19.4. The lowest BCUT2D eigenvalue weighted by atomic mass is 10.1. The Morgan fingerprint density at radius 2 is 1.83 bits per heavy atom. The summed E-state index contributed by atoms with van der Waals surface area (Å²) in [6.45, 7) is 3.36. The van der Waals surface area contributed by atoms with E-state index >= 15 is 0 Å². The highest BCUT2D eigenvalue weighted by molar-refractivity contribution is 5.97. The standard InChI is InChI=1S/C21H19F3N4O2/c22-21(23,24)19-18(27-20(30-19)15-4-2-1-3-5-15)16(29)12-14-6-7-17(26-13-14)28-10-8-25-9-11-28/h1-7,13,25H,8-12H2. The minimum absolute atomic E-state index is 0.238. The van der Waals surface area contributed by atoms with Gasteiger partial charge in [-0.2, -0.15) is 13.2 Å². The molecule has 2 aromatic heterocycles. The summed E-state index contributed by atoms with van der Waals surface area (Å²) >= 11 is 0. The van der Waals surface area contributed by atoms with Crippen molar-refractivity contribution in [1.82, 2.24) is 15.3 Å².